The van der Waals surface area contributed by atoms with Crippen molar-refractivity contribution in [2.45, 2.75) is 26.3 Å². The van der Waals surface area contributed by atoms with Crippen LogP contribution in [-0.4, -0.2) is 27.8 Å². The van der Waals surface area contributed by atoms with Crippen molar-refractivity contribution in [1.29, 1.82) is 0 Å². The molecule has 0 bridgehead atoms. The van der Waals surface area contributed by atoms with E-state index in [4.69, 9.17) is 0 Å². The van der Waals surface area contributed by atoms with Gasteiger partial charge in [-0.3, -0.25) is 0 Å². The van der Waals surface area contributed by atoms with Crippen molar-refractivity contribution in [2.24, 2.45) is 0 Å². The second kappa shape index (κ2) is 6.98. The fraction of sp³-hybridized carbons (Fsp3) is 0.538. The number of sulfonamides is 1. The van der Waals surface area contributed by atoms with Gasteiger partial charge in [0.25, 0.3) is 0 Å². The van der Waals surface area contributed by atoms with Crippen LogP contribution in [0.4, 0.5) is 4.39 Å². The number of nitrogens with one attached hydrogen (secondary N) is 2. The van der Waals surface area contributed by atoms with Crippen molar-refractivity contribution >= 4 is 10.0 Å². The van der Waals surface area contributed by atoms with Crippen molar-refractivity contribution in [3.8, 4) is 0 Å². The Bertz CT molecular complexity index is 517. The third-order valence-electron chi connectivity index (χ3n) is 2.86. The summed E-state index contributed by atoms with van der Waals surface area (Å²) in [5, 5.41) is 3.23. The molecule has 19 heavy (non-hydrogen) atoms. The van der Waals surface area contributed by atoms with Gasteiger partial charge in [0, 0.05) is 12.6 Å². The molecule has 1 aromatic rings. The standard InChI is InChI=1S/C13H21FN2O2S/c1-10-5-6-12(9-13(10)14)11(2)15-7-4-8-16-19(3,17)18/h5-6,9,11,15-16H,4,7-8H2,1-3H3. The molecule has 0 saturated carbocycles. The lowest BCUT2D eigenvalue weighted by Crippen LogP contribution is -2.27. The van der Waals surface area contributed by atoms with Gasteiger partial charge in [-0.2, -0.15) is 0 Å². The quantitative estimate of drug-likeness (QED) is 0.751. The molecule has 6 heteroatoms. The molecule has 0 aliphatic rings. The number of hydrogen-bond acceptors (Lipinski definition) is 3. The van der Waals surface area contributed by atoms with Crippen LogP contribution >= 0.6 is 0 Å². The summed E-state index contributed by atoms with van der Waals surface area (Å²) in [7, 11) is -3.11. The van der Waals surface area contributed by atoms with E-state index in [1.807, 2.05) is 13.0 Å². The lowest BCUT2D eigenvalue weighted by atomic mass is 10.1. The Morgan fingerprint density at radius 2 is 2.00 bits per heavy atom. The topological polar surface area (TPSA) is 58.2 Å². The molecule has 0 aliphatic heterocycles. The molecule has 0 spiro atoms. The minimum atomic E-state index is -3.11. The summed E-state index contributed by atoms with van der Waals surface area (Å²) in [5.74, 6) is -0.204. The van der Waals surface area contributed by atoms with Gasteiger partial charge in [0.05, 0.1) is 6.26 Å². The van der Waals surface area contributed by atoms with Crippen molar-refractivity contribution < 1.29 is 12.8 Å². The van der Waals surface area contributed by atoms with Crippen LogP contribution in [-0.2, 0) is 10.0 Å². The fourth-order valence-corrected chi connectivity index (χ4v) is 2.18. The highest BCUT2D eigenvalue weighted by Gasteiger charge is 2.07. The van der Waals surface area contributed by atoms with Crippen molar-refractivity contribution in [3.63, 3.8) is 0 Å². The van der Waals surface area contributed by atoms with Gasteiger partial charge >= 0.3 is 0 Å². The molecule has 1 rings (SSSR count). The van der Waals surface area contributed by atoms with Gasteiger partial charge in [-0.15, -0.1) is 0 Å². The summed E-state index contributed by atoms with van der Waals surface area (Å²) in [6, 6.07) is 5.22. The van der Waals surface area contributed by atoms with Crippen LogP contribution in [0.5, 0.6) is 0 Å². The first-order chi connectivity index (χ1) is 8.79. The van der Waals surface area contributed by atoms with Gasteiger partial charge in [0.15, 0.2) is 0 Å². The molecule has 0 radical (unpaired) electrons. The Balaban J connectivity index is 2.35. The summed E-state index contributed by atoms with van der Waals surface area (Å²) in [6.07, 6.45) is 1.82. The average molecular weight is 288 g/mol. The van der Waals surface area contributed by atoms with Crippen LogP contribution < -0.4 is 10.0 Å². The molecule has 0 saturated heterocycles. The number of rotatable bonds is 7. The van der Waals surface area contributed by atoms with Gasteiger partial charge in [0.1, 0.15) is 5.82 Å². The molecule has 108 valence electrons. The molecule has 0 aromatic heterocycles. The predicted octanol–water partition coefficient (Wildman–Crippen LogP) is 1.72. The van der Waals surface area contributed by atoms with Crippen LogP contribution in [0.3, 0.4) is 0 Å². The van der Waals surface area contributed by atoms with Gasteiger partial charge in [-0.1, -0.05) is 12.1 Å². The highest BCUT2D eigenvalue weighted by atomic mass is 32.2. The second-order valence-corrected chi connectivity index (χ2v) is 6.54. The molecule has 1 aromatic carbocycles. The van der Waals surface area contributed by atoms with Crippen LogP contribution in [0.1, 0.15) is 30.5 Å². The van der Waals surface area contributed by atoms with E-state index in [1.165, 1.54) is 6.07 Å². The zero-order valence-electron chi connectivity index (χ0n) is 11.5. The zero-order valence-corrected chi connectivity index (χ0v) is 12.3. The molecule has 1 atom stereocenters. The Morgan fingerprint density at radius 3 is 2.58 bits per heavy atom. The van der Waals surface area contributed by atoms with E-state index in [0.29, 0.717) is 25.1 Å². The summed E-state index contributed by atoms with van der Waals surface area (Å²) in [6.45, 7) is 4.75. The normalized spacial score (nSPS) is 13.5. The van der Waals surface area contributed by atoms with Crippen LogP contribution in [0, 0.1) is 12.7 Å². The first kappa shape index (κ1) is 16.1. The molecule has 4 nitrogen and oxygen atoms in total. The van der Waals surface area contributed by atoms with Crippen LogP contribution in [0.2, 0.25) is 0 Å². The fourth-order valence-electron chi connectivity index (χ4n) is 1.66. The number of halogens is 1. The van der Waals surface area contributed by atoms with E-state index >= 15 is 0 Å². The van der Waals surface area contributed by atoms with Gasteiger partial charge in [-0.25, -0.2) is 17.5 Å². The van der Waals surface area contributed by atoms with E-state index < -0.39 is 10.0 Å². The Labute approximate surface area is 114 Å². The molecule has 2 N–H and O–H groups in total. The molecule has 0 heterocycles. The van der Waals surface area contributed by atoms with Gasteiger partial charge < -0.3 is 5.32 Å². The maximum Gasteiger partial charge on any atom is 0.208 e. The number of hydrogen-bond donors (Lipinski definition) is 2. The highest BCUT2D eigenvalue weighted by Crippen LogP contribution is 2.15. The predicted molar refractivity (Wildman–Crippen MR) is 75.0 cm³/mol. The van der Waals surface area contributed by atoms with Crippen LogP contribution in [0.15, 0.2) is 18.2 Å². The first-order valence-electron chi connectivity index (χ1n) is 6.23. The van der Waals surface area contributed by atoms with Gasteiger partial charge in [-0.05, 0) is 44.0 Å². The maximum absolute atomic E-state index is 13.4. The zero-order chi connectivity index (χ0) is 14.5. The number of aryl methyl sites for hydroxylation is 1. The van der Waals surface area contributed by atoms with E-state index in [1.54, 1.807) is 13.0 Å². The van der Waals surface area contributed by atoms with E-state index in [2.05, 4.69) is 10.0 Å². The first-order valence-corrected chi connectivity index (χ1v) is 8.13. The van der Waals surface area contributed by atoms with Crippen molar-refractivity contribution in [1.82, 2.24) is 10.0 Å². The van der Waals surface area contributed by atoms with E-state index in [0.717, 1.165) is 11.8 Å². The summed E-state index contributed by atoms with van der Waals surface area (Å²) in [4.78, 5) is 0. The molecular weight excluding hydrogens is 267 g/mol. The Kier molecular flexibility index (Phi) is 5.90. The second-order valence-electron chi connectivity index (χ2n) is 4.70. The molecular formula is C13H21FN2O2S. The Hall–Kier alpha value is -0.980. The molecule has 0 fully saturated rings. The molecule has 0 amide bonds. The summed E-state index contributed by atoms with van der Waals surface area (Å²) < 4.78 is 37.5. The SMILES string of the molecule is Cc1ccc(C(C)NCCCNS(C)(=O)=O)cc1F. The summed E-state index contributed by atoms with van der Waals surface area (Å²) >= 11 is 0. The van der Waals surface area contributed by atoms with E-state index in [-0.39, 0.29) is 11.9 Å². The largest absolute Gasteiger partial charge is 0.310 e. The van der Waals surface area contributed by atoms with Crippen molar-refractivity contribution in [3.05, 3.63) is 35.1 Å². The molecule has 1 unspecified atom stereocenters. The highest BCUT2D eigenvalue weighted by molar-refractivity contribution is 7.88. The monoisotopic (exact) mass is 288 g/mol. The summed E-state index contributed by atoms with van der Waals surface area (Å²) in [5.41, 5.74) is 1.52. The third kappa shape index (κ3) is 6.13. The molecule has 0 aliphatic carbocycles. The third-order valence-corrected chi connectivity index (χ3v) is 3.59. The Morgan fingerprint density at radius 1 is 1.32 bits per heavy atom. The average Bonchev–Trinajstić information content (AvgIpc) is 2.30. The van der Waals surface area contributed by atoms with Gasteiger partial charge in [0.2, 0.25) is 10.0 Å². The van der Waals surface area contributed by atoms with E-state index in [9.17, 15) is 12.8 Å². The lowest BCUT2D eigenvalue weighted by molar-refractivity contribution is 0.543. The van der Waals surface area contributed by atoms with Crippen molar-refractivity contribution in [2.75, 3.05) is 19.3 Å². The maximum atomic E-state index is 13.4. The minimum absolute atomic E-state index is 0.0355. The lowest BCUT2D eigenvalue weighted by Gasteiger charge is -2.14. The number of benzene rings is 1. The smallest absolute Gasteiger partial charge is 0.208 e. The van der Waals surface area contributed by atoms with Crippen LogP contribution in [0.25, 0.3) is 0 Å². The minimum Gasteiger partial charge on any atom is -0.310 e.